The second-order valence-electron chi connectivity index (χ2n) is 6.53. The molecule has 3 rings (SSSR count). The van der Waals surface area contributed by atoms with E-state index >= 15 is 0 Å². The van der Waals surface area contributed by atoms with Crippen molar-refractivity contribution in [1.82, 2.24) is 4.31 Å². The van der Waals surface area contributed by atoms with Crippen LogP contribution >= 0.6 is 0 Å². The van der Waals surface area contributed by atoms with E-state index in [1.54, 1.807) is 0 Å². The van der Waals surface area contributed by atoms with Crippen LogP contribution in [-0.4, -0.2) is 38.4 Å². The van der Waals surface area contributed by atoms with E-state index in [4.69, 9.17) is 10.5 Å². The van der Waals surface area contributed by atoms with Gasteiger partial charge < -0.3 is 15.2 Å². The quantitative estimate of drug-likeness (QED) is 0.665. The van der Waals surface area contributed by atoms with Crippen molar-refractivity contribution >= 4 is 15.9 Å². The summed E-state index contributed by atoms with van der Waals surface area (Å²) in [6.07, 6.45) is 1.45. The first-order valence-corrected chi connectivity index (χ1v) is 10.2. The number of hydrogen-bond acceptors (Lipinski definition) is 5. The van der Waals surface area contributed by atoms with Crippen LogP contribution in [-0.2, 0) is 16.6 Å². The van der Waals surface area contributed by atoms with Crippen LogP contribution in [0.2, 0.25) is 0 Å². The number of carbonyl (C=O) groups is 1. The second-order valence-corrected chi connectivity index (χ2v) is 8.42. The van der Waals surface area contributed by atoms with Gasteiger partial charge in [0.25, 0.3) is 0 Å². The molecule has 29 heavy (non-hydrogen) atoms. The molecule has 156 valence electrons. The number of halogens is 2. The standard InChI is InChI=1S/C19H20F2N2O5S/c1-27-17-10-12(2-9-16(17)28-19(20)21)11-23(14-5-6-14)29(25,26)15-7-3-13(4-8-15)18(22)24/h2-4,7-10,14,19H,5-6,11H2,1H3,(H2,22,24). The Morgan fingerprint density at radius 3 is 2.34 bits per heavy atom. The molecule has 2 aromatic rings. The molecule has 1 amide bonds. The highest BCUT2D eigenvalue weighted by Crippen LogP contribution is 2.35. The normalized spacial score (nSPS) is 14.2. The van der Waals surface area contributed by atoms with E-state index in [0.717, 1.165) is 12.8 Å². The van der Waals surface area contributed by atoms with Crippen molar-refractivity contribution in [1.29, 1.82) is 0 Å². The topological polar surface area (TPSA) is 98.9 Å². The summed E-state index contributed by atoms with van der Waals surface area (Å²) >= 11 is 0. The molecule has 1 aliphatic rings. The number of carbonyl (C=O) groups excluding carboxylic acids is 1. The minimum absolute atomic E-state index is 0.0376. The van der Waals surface area contributed by atoms with E-state index in [-0.39, 0.29) is 34.5 Å². The van der Waals surface area contributed by atoms with Crippen LogP contribution in [0.25, 0.3) is 0 Å². The van der Waals surface area contributed by atoms with Crippen molar-refractivity contribution in [3.63, 3.8) is 0 Å². The van der Waals surface area contributed by atoms with Gasteiger partial charge in [-0.05, 0) is 54.8 Å². The van der Waals surface area contributed by atoms with Gasteiger partial charge in [-0.25, -0.2) is 8.42 Å². The molecule has 0 radical (unpaired) electrons. The van der Waals surface area contributed by atoms with E-state index in [0.29, 0.717) is 5.56 Å². The van der Waals surface area contributed by atoms with Crippen molar-refractivity contribution < 1.29 is 31.5 Å². The van der Waals surface area contributed by atoms with Crippen LogP contribution < -0.4 is 15.2 Å². The van der Waals surface area contributed by atoms with E-state index in [9.17, 15) is 22.0 Å². The molecule has 2 aromatic carbocycles. The van der Waals surface area contributed by atoms with Crippen molar-refractivity contribution in [2.75, 3.05) is 7.11 Å². The van der Waals surface area contributed by atoms with E-state index in [2.05, 4.69) is 4.74 Å². The first-order valence-electron chi connectivity index (χ1n) is 8.76. The Kier molecular flexibility index (Phi) is 6.04. The second kappa shape index (κ2) is 8.34. The molecule has 0 spiro atoms. The Bertz CT molecular complexity index is 992. The van der Waals surface area contributed by atoms with Crippen molar-refractivity contribution in [2.45, 2.75) is 36.9 Å². The summed E-state index contributed by atoms with van der Waals surface area (Å²) in [5.74, 6) is -0.693. The summed E-state index contributed by atoms with van der Waals surface area (Å²) in [6.45, 7) is -2.96. The van der Waals surface area contributed by atoms with Gasteiger partial charge in [-0.15, -0.1) is 0 Å². The van der Waals surface area contributed by atoms with E-state index in [1.165, 1.54) is 53.9 Å². The molecule has 0 bridgehead atoms. The van der Waals surface area contributed by atoms with Crippen LogP contribution in [0.3, 0.4) is 0 Å². The largest absolute Gasteiger partial charge is 0.493 e. The van der Waals surface area contributed by atoms with E-state index in [1.807, 2.05) is 0 Å². The number of rotatable bonds is 9. The van der Waals surface area contributed by atoms with Crippen LogP contribution in [0.1, 0.15) is 28.8 Å². The Balaban J connectivity index is 1.87. The van der Waals surface area contributed by atoms with Gasteiger partial charge in [0.15, 0.2) is 11.5 Å². The van der Waals surface area contributed by atoms with Crippen LogP contribution in [0.4, 0.5) is 8.78 Å². The number of methoxy groups -OCH3 is 1. The summed E-state index contributed by atoms with van der Waals surface area (Å²) < 4.78 is 62.1. The highest BCUT2D eigenvalue weighted by atomic mass is 32.2. The zero-order valence-corrected chi connectivity index (χ0v) is 16.4. The first kappa shape index (κ1) is 21.0. The van der Waals surface area contributed by atoms with Gasteiger partial charge >= 0.3 is 6.61 Å². The Morgan fingerprint density at radius 2 is 1.83 bits per heavy atom. The monoisotopic (exact) mass is 426 g/mol. The van der Waals surface area contributed by atoms with Gasteiger partial charge in [0.2, 0.25) is 15.9 Å². The molecular weight excluding hydrogens is 406 g/mol. The molecule has 0 heterocycles. The minimum atomic E-state index is -3.84. The summed E-state index contributed by atoms with van der Waals surface area (Å²) in [7, 11) is -2.53. The van der Waals surface area contributed by atoms with Gasteiger partial charge in [-0.2, -0.15) is 13.1 Å². The lowest BCUT2D eigenvalue weighted by Crippen LogP contribution is -2.32. The van der Waals surface area contributed by atoms with Crippen LogP contribution in [0, 0.1) is 0 Å². The minimum Gasteiger partial charge on any atom is -0.493 e. The molecule has 0 atom stereocenters. The number of amides is 1. The number of ether oxygens (including phenoxy) is 2. The van der Waals surface area contributed by atoms with Gasteiger partial charge in [0.1, 0.15) is 0 Å². The van der Waals surface area contributed by atoms with Crippen molar-refractivity contribution in [3.05, 3.63) is 53.6 Å². The molecule has 1 fully saturated rings. The van der Waals surface area contributed by atoms with Crippen LogP contribution in [0.5, 0.6) is 11.5 Å². The lowest BCUT2D eigenvalue weighted by Gasteiger charge is -2.22. The summed E-state index contributed by atoms with van der Waals surface area (Å²) in [6, 6.07) is 9.55. The summed E-state index contributed by atoms with van der Waals surface area (Å²) in [5.41, 5.74) is 5.97. The maximum atomic E-state index is 13.1. The molecular formula is C19H20F2N2O5S. The molecule has 0 unspecified atom stereocenters. The average Bonchev–Trinajstić information content (AvgIpc) is 3.51. The zero-order chi connectivity index (χ0) is 21.2. The number of nitrogens with two attached hydrogens (primary N) is 1. The maximum Gasteiger partial charge on any atom is 0.387 e. The third-order valence-corrected chi connectivity index (χ3v) is 6.39. The highest BCUT2D eigenvalue weighted by Gasteiger charge is 2.38. The van der Waals surface area contributed by atoms with Gasteiger partial charge in [-0.1, -0.05) is 6.07 Å². The van der Waals surface area contributed by atoms with Gasteiger partial charge in [0, 0.05) is 18.2 Å². The van der Waals surface area contributed by atoms with Crippen molar-refractivity contribution in [2.24, 2.45) is 5.73 Å². The fourth-order valence-electron chi connectivity index (χ4n) is 2.88. The Labute approximate surface area is 167 Å². The number of benzene rings is 2. The van der Waals surface area contributed by atoms with Gasteiger partial charge in [-0.3, -0.25) is 4.79 Å². The molecule has 0 saturated heterocycles. The number of nitrogens with zero attached hydrogens (tertiary/aromatic N) is 1. The SMILES string of the molecule is COc1cc(CN(C2CC2)S(=O)(=O)c2ccc(C(N)=O)cc2)ccc1OC(F)F. The number of primary amides is 1. The lowest BCUT2D eigenvalue weighted by molar-refractivity contribution is -0.0512. The van der Waals surface area contributed by atoms with Gasteiger partial charge in [0.05, 0.1) is 12.0 Å². The number of hydrogen-bond donors (Lipinski definition) is 1. The Hall–Kier alpha value is -2.72. The smallest absolute Gasteiger partial charge is 0.387 e. The first-order chi connectivity index (χ1) is 13.7. The molecule has 1 saturated carbocycles. The van der Waals surface area contributed by atoms with Crippen molar-refractivity contribution in [3.8, 4) is 11.5 Å². The third kappa shape index (κ3) is 4.83. The fourth-order valence-corrected chi connectivity index (χ4v) is 4.56. The molecule has 0 aliphatic heterocycles. The summed E-state index contributed by atoms with van der Waals surface area (Å²) in [4.78, 5) is 11.2. The van der Waals surface area contributed by atoms with E-state index < -0.39 is 22.5 Å². The molecule has 1 aliphatic carbocycles. The highest BCUT2D eigenvalue weighted by molar-refractivity contribution is 7.89. The fraction of sp³-hybridized carbons (Fsp3) is 0.316. The Morgan fingerprint density at radius 1 is 1.17 bits per heavy atom. The summed E-state index contributed by atoms with van der Waals surface area (Å²) in [5, 5.41) is 0. The predicted octanol–water partition coefficient (Wildman–Crippen LogP) is 2.75. The molecule has 0 aromatic heterocycles. The predicted molar refractivity (Wildman–Crippen MR) is 100 cm³/mol. The third-order valence-electron chi connectivity index (χ3n) is 4.48. The molecule has 2 N–H and O–H groups in total. The lowest BCUT2D eigenvalue weighted by atomic mass is 10.2. The maximum absolute atomic E-state index is 13.1. The molecule has 10 heteroatoms. The zero-order valence-electron chi connectivity index (χ0n) is 15.5. The average molecular weight is 426 g/mol. The molecule has 7 nitrogen and oxygen atoms in total. The number of alkyl halides is 2. The number of sulfonamides is 1. The van der Waals surface area contributed by atoms with Crippen LogP contribution in [0.15, 0.2) is 47.4 Å².